The minimum absolute atomic E-state index is 0.560. The third kappa shape index (κ3) is 2.14. The molecular weight excluding hydrogens is 184 g/mol. The maximum atomic E-state index is 5.77. The molecular formula is C9H12N2OS. The van der Waals surface area contributed by atoms with Gasteiger partial charge in [-0.15, -0.1) is 11.8 Å². The first-order chi connectivity index (χ1) is 6.36. The van der Waals surface area contributed by atoms with Crippen molar-refractivity contribution in [1.82, 2.24) is 4.98 Å². The second-order valence-electron chi connectivity index (χ2n) is 3.02. The summed E-state index contributed by atoms with van der Waals surface area (Å²) in [6.07, 6.45) is 4.58. The van der Waals surface area contributed by atoms with Crippen LogP contribution in [-0.2, 0) is 4.74 Å². The smallest absolute Gasteiger partial charge is 0.0638 e. The molecule has 1 aliphatic heterocycles. The minimum atomic E-state index is 0.560. The molecule has 0 bridgehead atoms. The van der Waals surface area contributed by atoms with Crippen LogP contribution < -0.4 is 5.73 Å². The van der Waals surface area contributed by atoms with Gasteiger partial charge in [0.25, 0.3) is 0 Å². The molecule has 3 nitrogen and oxygen atoms in total. The highest BCUT2D eigenvalue weighted by Gasteiger charge is 2.17. The summed E-state index contributed by atoms with van der Waals surface area (Å²) in [5, 5.41) is 0.560. The van der Waals surface area contributed by atoms with Crippen LogP contribution in [0.15, 0.2) is 23.4 Å². The zero-order valence-electron chi connectivity index (χ0n) is 7.27. The largest absolute Gasteiger partial charge is 0.397 e. The highest BCUT2D eigenvalue weighted by molar-refractivity contribution is 8.00. The summed E-state index contributed by atoms with van der Waals surface area (Å²) >= 11 is 1.79. The van der Waals surface area contributed by atoms with E-state index in [1.807, 2.05) is 6.07 Å². The first-order valence-electron chi connectivity index (χ1n) is 4.30. The number of aromatic nitrogens is 1. The Hall–Kier alpha value is -0.740. The van der Waals surface area contributed by atoms with Gasteiger partial charge in [0.2, 0.25) is 0 Å². The van der Waals surface area contributed by atoms with Gasteiger partial charge >= 0.3 is 0 Å². The molecule has 4 heteroatoms. The second kappa shape index (κ2) is 3.98. The van der Waals surface area contributed by atoms with Crippen LogP contribution in [0.25, 0.3) is 0 Å². The SMILES string of the molecule is Nc1cnccc1SC1CCOC1. The minimum Gasteiger partial charge on any atom is -0.397 e. The quantitative estimate of drug-likeness (QED) is 0.779. The van der Waals surface area contributed by atoms with Crippen molar-refractivity contribution in [3.05, 3.63) is 18.5 Å². The Morgan fingerprint density at radius 3 is 3.23 bits per heavy atom. The van der Waals surface area contributed by atoms with Crippen molar-refractivity contribution in [2.24, 2.45) is 0 Å². The standard InChI is InChI=1S/C9H12N2OS/c10-8-5-11-3-1-9(8)13-7-2-4-12-6-7/h1,3,5,7H,2,4,6,10H2. The van der Waals surface area contributed by atoms with Gasteiger partial charge in [-0.3, -0.25) is 4.98 Å². The molecule has 0 saturated carbocycles. The lowest BCUT2D eigenvalue weighted by Gasteiger charge is -2.08. The molecule has 0 radical (unpaired) electrons. The van der Waals surface area contributed by atoms with E-state index in [1.54, 1.807) is 24.2 Å². The van der Waals surface area contributed by atoms with Crippen molar-refractivity contribution in [3.63, 3.8) is 0 Å². The Morgan fingerprint density at radius 1 is 1.62 bits per heavy atom. The van der Waals surface area contributed by atoms with Crippen molar-refractivity contribution in [3.8, 4) is 0 Å². The topological polar surface area (TPSA) is 48.1 Å². The summed E-state index contributed by atoms with van der Waals surface area (Å²) in [7, 11) is 0. The van der Waals surface area contributed by atoms with Crippen LogP contribution in [0.2, 0.25) is 0 Å². The molecule has 0 amide bonds. The molecule has 13 heavy (non-hydrogen) atoms. The molecule has 0 spiro atoms. The fourth-order valence-electron chi connectivity index (χ4n) is 1.29. The lowest BCUT2D eigenvalue weighted by molar-refractivity contribution is 0.199. The van der Waals surface area contributed by atoms with E-state index in [0.717, 1.165) is 30.2 Å². The van der Waals surface area contributed by atoms with Crippen molar-refractivity contribution < 1.29 is 4.74 Å². The molecule has 0 aliphatic carbocycles. The lowest BCUT2D eigenvalue weighted by atomic mass is 10.4. The van der Waals surface area contributed by atoms with Crippen LogP contribution >= 0.6 is 11.8 Å². The molecule has 1 aromatic rings. The van der Waals surface area contributed by atoms with E-state index in [9.17, 15) is 0 Å². The lowest BCUT2D eigenvalue weighted by Crippen LogP contribution is -2.01. The normalized spacial score (nSPS) is 22.0. The van der Waals surface area contributed by atoms with Gasteiger partial charge in [0, 0.05) is 22.9 Å². The van der Waals surface area contributed by atoms with Gasteiger partial charge in [0.15, 0.2) is 0 Å². The van der Waals surface area contributed by atoms with Crippen LogP contribution in [-0.4, -0.2) is 23.4 Å². The summed E-state index contributed by atoms with van der Waals surface area (Å²) < 4.78 is 5.29. The summed E-state index contributed by atoms with van der Waals surface area (Å²) in [5.74, 6) is 0. The predicted molar refractivity (Wildman–Crippen MR) is 53.7 cm³/mol. The summed E-state index contributed by atoms with van der Waals surface area (Å²) in [6, 6.07) is 1.96. The highest BCUT2D eigenvalue weighted by atomic mass is 32.2. The van der Waals surface area contributed by atoms with E-state index in [4.69, 9.17) is 10.5 Å². The van der Waals surface area contributed by atoms with Gasteiger partial charge in [-0.05, 0) is 12.5 Å². The van der Waals surface area contributed by atoms with Gasteiger partial charge in [0.05, 0.1) is 18.5 Å². The molecule has 1 aromatic heterocycles. The van der Waals surface area contributed by atoms with Crippen molar-refractivity contribution in [2.75, 3.05) is 18.9 Å². The number of pyridine rings is 1. The van der Waals surface area contributed by atoms with Gasteiger partial charge in [0.1, 0.15) is 0 Å². The average molecular weight is 196 g/mol. The summed E-state index contributed by atoms with van der Waals surface area (Å²) in [4.78, 5) is 5.07. The first kappa shape index (κ1) is 8.84. The zero-order valence-corrected chi connectivity index (χ0v) is 8.09. The Kier molecular flexibility index (Phi) is 2.71. The number of nitrogen functional groups attached to an aromatic ring is 1. The molecule has 1 saturated heterocycles. The number of thioether (sulfide) groups is 1. The summed E-state index contributed by atoms with van der Waals surface area (Å²) in [5.41, 5.74) is 6.54. The summed E-state index contributed by atoms with van der Waals surface area (Å²) in [6.45, 7) is 1.72. The fourth-order valence-corrected chi connectivity index (χ4v) is 2.35. The maximum Gasteiger partial charge on any atom is 0.0638 e. The Morgan fingerprint density at radius 2 is 2.54 bits per heavy atom. The monoisotopic (exact) mass is 196 g/mol. The maximum absolute atomic E-state index is 5.77. The van der Waals surface area contributed by atoms with Gasteiger partial charge in [-0.1, -0.05) is 0 Å². The zero-order chi connectivity index (χ0) is 9.10. The van der Waals surface area contributed by atoms with Crippen molar-refractivity contribution in [1.29, 1.82) is 0 Å². The Bertz CT molecular complexity index is 287. The second-order valence-corrected chi connectivity index (χ2v) is 4.36. The van der Waals surface area contributed by atoms with Gasteiger partial charge in [-0.25, -0.2) is 0 Å². The number of nitrogens with zero attached hydrogens (tertiary/aromatic N) is 1. The van der Waals surface area contributed by atoms with E-state index < -0.39 is 0 Å². The fraction of sp³-hybridized carbons (Fsp3) is 0.444. The van der Waals surface area contributed by atoms with Crippen LogP contribution in [0.5, 0.6) is 0 Å². The number of ether oxygens (including phenoxy) is 1. The molecule has 1 unspecified atom stereocenters. The average Bonchev–Trinajstić information content (AvgIpc) is 2.61. The van der Waals surface area contributed by atoms with E-state index in [2.05, 4.69) is 4.98 Å². The van der Waals surface area contributed by atoms with Crippen LogP contribution in [0.1, 0.15) is 6.42 Å². The van der Waals surface area contributed by atoms with E-state index >= 15 is 0 Å². The highest BCUT2D eigenvalue weighted by Crippen LogP contribution is 2.31. The number of hydrogen-bond donors (Lipinski definition) is 1. The number of anilines is 1. The number of nitrogens with two attached hydrogens (primary N) is 1. The number of hydrogen-bond acceptors (Lipinski definition) is 4. The molecule has 2 rings (SSSR count). The third-order valence-corrected chi connectivity index (χ3v) is 3.32. The van der Waals surface area contributed by atoms with Crippen LogP contribution in [0, 0.1) is 0 Å². The molecule has 2 N–H and O–H groups in total. The van der Waals surface area contributed by atoms with E-state index in [0.29, 0.717) is 5.25 Å². The Balaban J connectivity index is 2.04. The molecule has 1 fully saturated rings. The number of rotatable bonds is 2. The molecule has 1 atom stereocenters. The molecule has 0 aromatic carbocycles. The van der Waals surface area contributed by atoms with Crippen molar-refractivity contribution >= 4 is 17.4 Å². The molecule has 70 valence electrons. The molecule has 2 heterocycles. The predicted octanol–water partition coefficient (Wildman–Crippen LogP) is 1.54. The van der Waals surface area contributed by atoms with Gasteiger partial charge < -0.3 is 10.5 Å². The van der Waals surface area contributed by atoms with Crippen LogP contribution in [0.3, 0.4) is 0 Å². The van der Waals surface area contributed by atoms with Gasteiger partial charge in [-0.2, -0.15) is 0 Å². The van der Waals surface area contributed by atoms with E-state index in [1.165, 1.54) is 0 Å². The Labute approximate surface area is 81.7 Å². The van der Waals surface area contributed by atoms with Crippen molar-refractivity contribution in [2.45, 2.75) is 16.6 Å². The van der Waals surface area contributed by atoms with Crippen LogP contribution in [0.4, 0.5) is 5.69 Å². The van der Waals surface area contributed by atoms with E-state index in [-0.39, 0.29) is 0 Å². The molecule has 1 aliphatic rings. The first-order valence-corrected chi connectivity index (χ1v) is 5.18. The third-order valence-electron chi connectivity index (χ3n) is 1.99.